The van der Waals surface area contributed by atoms with Crippen LogP contribution >= 0.6 is 0 Å². The number of aryl methyl sites for hydroxylation is 1. The van der Waals surface area contributed by atoms with Crippen molar-refractivity contribution in [1.29, 1.82) is 0 Å². The van der Waals surface area contributed by atoms with E-state index >= 15 is 0 Å². The molecule has 3 atom stereocenters. The van der Waals surface area contributed by atoms with E-state index in [-0.39, 0.29) is 17.0 Å². The number of likely N-dealkylation sites (tertiary alicyclic amines) is 1. The number of ether oxygens (including phenoxy) is 1. The molecule has 1 amide bonds. The predicted molar refractivity (Wildman–Crippen MR) is 132 cm³/mol. The molecule has 10 heteroatoms. The normalized spacial score (nSPS) is 26.1. The Morgan fingerprint density at radius 3 is 2.32 bits per heavy atom. The first-order valence-electron chi connectivity index (χ1n) is 12.8. The molecule has 200 valence electrons. The van der Waals surface area contributed by atoms with E-state index in [4.69, 9.17) is 4.74 Å². The Morgan fingerprint density at radius 2 is 1.70 bits per heavy atom. The highest BCUT2D eigenvalue weighted by Crippen LogP contribution is 2.52. The predicted octanol–water partition coefficient (Wildman–Crippen LogP) is 4.68. The highest BCUT2D eigenvalue weighted by atomic mass is 32.2. The lowest BCUT2D eigenvalue weighted by atomic mass is 9.90. The Hall–Kier alpha value is -2.56. The van der Waals surface area contributed by atoms with Crippen molar-refractivity contribution in [3.05, 3.63) is 65.2 Å². The summed E-state index contributed by atoms with van der Waals surface area (Å²) in [5.41, 5.74) is 0.107. The molecule has 2 aromatic rings. The number of carbonyl (C=O) groups is 1. The van der Waals surface area contributed by atoms with Gasteiger partial charge in [0.1, 0.15) is 17.2 Å². The Labute approximate surface area is 216 Å². The smallest absolute Gasteiger partial charge is 0.410 e. The third-order valence-corrected chi connectivity index (χ3v) is 9.66. The molecule has 0 unspecified atom stereocenters. The number of sulfonamides is 1. The molecule has 0 aromatic heterocycles. The average molecular weight is 535 g/mol. The summed E-state index contributed by atoms with van der Waals surface area (Å²) in [5, 5.41) is 9.99. The van der Waals surface area contributed by atoms with E-state index in [1.807, 2.05) is 6.92 Å². The van der Waals surface area contributed by atoms with Crippen molar-refractivity contribution in [2.24, 2.45) is 0 Å². The number of aliphatic hydroxyl groups excluding tert-OH is 1. The van der Waals surface area contributed by atoms with Gasteiger partial charge in [0.2, 0.25) is 10.0 Å². The standard InChI is InChI=1S/C27H32F2N2O5S/c1-18-7-9-23(10-8-18)37(34,35)31-24(19-14-20(28)16-21(29)15-19)5-2-6-25(31)27(11-12-27)36-26(33)30-13-3-4-22(32)17-30/h7-10,14-16,22,24-25,32H,2-6,11-13,17H2,1H3/t22-,24+,25-/m1/s1. The van der Waals surface area contributed by atoms with E-state index in [0.717, 1.165) is 11.6 Å². The minimum Gasteiger partial charge on any atom is -0.441 e. The quantitative estimate of drug-likeness (QED) is 0.602. The summed E-state index contributed by atoms with van der Waals surface area (Å²) < 4.78 is 64.0. The zero-order chi connectivity index (χ0) is 26.4. The Morgan fingerprint density at radius 1 is 1.03 bits per heavy atom. The number of hydrogen-bond acceptors (Lipinski definition) is 5. The SMILES string of the molecule is Cc1ccc(S(=O)(=O)N2[C@H](c3cc(F)cc(F)c3)CCC[C@@H]2C2(OC(=O)N3CCC[C@@H](O)C3)CC2)cc1. The fourth-order valence-corrected chi connectivity index (χ4v) is 7.62. The number of rotatable bonds is 5. The Kier molecular flexibility index (Phi) is 7.02. The highest BCUT2D eigenvalue weighted by molar-refractivity contribution is 7.89. The van der Waals surface area contributed by atoms with Crippen LogP contribution in [0.1, 0.15) is 62.1 Å². The second-order valence-electron chi connectivity index (χ2n) is 10.5. The molecule has 5 rings (SSSR count). The van der Waals surface area contributed by atoms with E-state index in [9.17, 15) is 27.1 Å². The van der Waals surface area contributed by atoms with Gasteiger partial charge in [0, 0.05) is 19.2 Å². The summed E-state index contributed by atoms with van der Waals surface area (Å²) in [4.78, 5) is 14.6. The van der Waals surface area contributed by atoms with Crippen molar-refractivity contribution in [3.8, 4) is 0 Å². The van der Waals surface area contributed by atoms with Crippen LogP contribution in [-0.4, -0.2) is 59.7 Å². The summed E-state index contributed by atoms with van der Waals surface area (Å²) in [6, 6.07) is 8.07. The fraction of sp³-hybridized carbons (Fsp3) is 0.519. The molecule has 2 heterocycles. The number of carbonyl (C=O) groups excluding carboxylic acids is 1. The van der Waals surface area contributed by atoms with Crippen LogP contribution < -0.4 is 0 Å². The molecule has 2 aliphatic heterocycles. The maximum absolute atomic E-state index is 14.2. The second kappa shape index (κ2) is 9.96. The zero-order valence-electron chi connectivity index (χ0n) is 20.8. The van der Waals surface area contributed by atoms with Gasteiger partial charge in [-0.25, -0.2) is 22.0 Å². The van der Waals surface area contributed by atoms with Crippen LogP contribution in [0.3, 0.4) is 0 Å². The molecular formula is C27H32F2N2O5S. The number of amides is 1. The number of aliphatic hydroxyl groups is 1. The highest BCUT2D eigenvalue weighted by Gasteiger charge is 2.60. The lowest BCUT2D eigenvalue weighted by Gasteiger charge is -2.45. The van der Waals surface area contributed by atoms with Crippen molar-refractivity contribution in [2.45, 2.75) is 80.6 Å². The maximum atomic E-state index is 14.2. The van der Waals surface area contributed by atoms with Crippen molar-refractivity contribution >= 4 is 16.1 Å². The van der Waals surface area contributed by atoms with Gasteiger partial charge in [-0.15, -0.1) is 0 Å². The molecule has 37 heavy (non-hydrogen) atoms. The summed E-state index contributed by atoms with van der Waals surface area (Å²) in [7, 11) is -4.12. The molecule has 2 saturated heterocycles. The fourth-order valence-electron chi connectivity index (χ4n) is 5.70. The van der Waals surface area contributed by atoms with Crippen LogP contribution in [0, 0.1) is 18.6 Å². The van der Waals surface area contributed by atoms with Gasteiger partial charge in [-0.05, 0) is 81.7 Å². The Bertz CT molecular complexity index is 1250. The molecule has 1 aliphatic carbocycles. The molecule has 2 aromatic carbocycles. The monoisotopic (exact) mass is 534 g/mol. The van der Waals surface area contributed by atoms with Crippen molar-refractivity contribution < 1.29 is 31.8 Å². The number of piperidine rings is 2. The summed E-state index contributed by atoms with van der Waals surface area (Å²) in [6.45, 7) is 2.50. The van der Waals surface area contributed by atoms with Crippen LogP contribution in [0.2, 0.25) is 0 Å². The topological polar surface area (TPSA) is 87.2 Å². The largest absolute Gasteiger partial charge is 0.441 e. The van der Waals surface area contributed by atoms with Gasteiger partial charge < -0.3 is 14.7 Å². The van der Waals surface area contributed by atoms with E-state index < -0.39 is 51.5 Å². The first-order chi connectivity index (χ1) is 17.6. The molecule has 0 radical (unpaired) electrons. The lowest BCUT2D eigenvalue weighted by molar-refractivity contribution is -0.0194. The number of β-amino-alcohol motifs (C(OH)–C–C–N with tert-alkyl or cyclic N) is 1. The molecular weight excluding hydrogens is 502 g/mol. The van der Waals surface area contributed by atoms with Gasteiger partial charge in [-0.1, -0.05) is 17.7 Å². The third-order valence-electron chi connectivity index (χ3n) is 7.73. The van der Waals surface area contributed by atoms with Crippen molar-refractivity contribution in [2.75, 3.05) is 13.1 Å². The van der Waals surface area contributed by atoms with E-state index in [1.165, 1.54) is 33.5 Å². The van der Waals surface area contributed by atoms with Gasteiger partial charge in [0.25, 0.3) is 0 Å². The third kappa shape index (κ3) is 5.24. The first-order valence-corrected chi connectivity index (χ1v) is 14.3. The van der Waals surface area contributed by atoms with Crippen LogP contribution in [0.25, 0.3) is 0 Å². The van der Waals surface area contributed by atoms with Crippen molar-refractivity contribution in [3.63, 3.8) is 0 Å². The van der Waals surface area contributed by atoms with Crippen molar-refractivity contribution in [1.82, 2.24) is 9.21 Å². The number of halogens is 2. The molecule has 7 nitrogen and oxygen atoms in total. The maximum Gasteiger partial charge on any atom is 0.410 e. The first kappa shape index (κ1) is 26.1. The Balaban J connectivity index is 1.53. The van der Waals surface area contributed by atoms with Crippen LogP contribution in [0.5, 0.6) is 0 Å². The van der Waals surface area contributed by atoms with E-state index in [1.54, 1.807) is 12.1 Å². The number of nitrogens with zero attached hydrogens (tertiary/aromatic N) is 2. The van der Waals surface area contributed by atoms with Gasteiger partial charge >= 0.3 is 6.09 Å². The van der Waals surface area contributed by atoms with Crippen LogP contribution in [0.15, 0.2) is 47.4 Å². The van der Waals surface area contributed by atoms with E-state index in [0.29, 0.717) is 51.5 Å². The van der Waals surface area contributed by atoms with Gasteiger partial charge in [0.05, 0.1) is 23.1 Å². The minimum absolute atomic E-state index is 0.0770. The molecule has 0 spiro atoms. The van der Waals surface area contributed by atoms with Crippen LogP contribution in [-0.2, 0) is 14.8 Å². The van der Waals surface area contributed by atoms with Crippen LogP contribution in [0.4, 0.5) is 13.6 Å². The summed E-state index contributed by atoms with van der Waals surface area (Å²) >= 11 is 0. The molecule has 3 fully saturated rings. The summed E-state index contributed by atoms with van der Waals surface area (Å²) in [6.07, 6.45) is 2.52. The zero-order valence-corrected chi connectivity index (χ0v) is 21.6. The average Bonchev–Trinajstić information content (AvgIpc) is 3.63. The molecule has 0 bridgehead atoms. The molecule has 1 saturated carbocycles. The van der Waals surface area contributed by atoms with Gasteiger partial charge in [0.15, 0.2) is 0 Å². The second-order valence-corrected chi connectivity index (χ2v) is 12.3. The number of benzene rings is 2. The minimum atomic E-state index is -4.12. The number of hydrogen-bond donors (Lipinski definition) is 1. The molecule has 1 N–H and O–H groups in total. The van der Waals surface area contributed by atoms with Gasteiger partial charge in [-0.3, -0.25) is 0 Å². The van der Waals surface area contributed by atoms with E-state index in [2.05, 4.69) is 0 Å². The lowest BCUT2D eigenvalue weighted by Crippen LogP contribution is -2.54. The summed E-state index contributed by atoms with van der Waals surface area (Å²) in [5.74, 6) is -1.55. The van der Waals surface area contributed by atoms with Gasteiger partial charge in [-0.2, -0.15) is 4.31 Å². The molecule has 3 aliphatic rings.